The Balaban J connectivity index is 4.28. The van der Waals surface area contributed by atoms with Gasteiger partial charge in [-0.15, -0.1) is 0 Å². The molecule has 0 aromatic carbocycles. The normalized spacial score (nSPS) is 12.2. The molecule has 0 saturated heterocycles. The number of rotatable bonds is 67. The monoisotopic (exact) mass is 1120 g/mol. The highest BCUT2D eigenvalue weighted by atomic mass is 16.6. The largest absolute Gasteiger partial charge is 0.462 e. The van der Waals surface area contributed by atoms with Gasteiger partial charge in [-0.1, -0.05) is 365 Å². The van der Waals surface area contributed by atoms with Gasteiger partial charge >= 0.3 is 17.9 Å². The molecule has 0 heterocycles. The standard InChI is InChI=1S/C74H138O6/c1-4-7-10-13-16-19-22-25-28-31-33-35-37-39-40-43-46-49-52-55-58-61-64-67-73(76)79-70-71(69-78-72(75)66-63-60-57-54-51-48-45-42-30-27-24-21-18-15-12-9-6-3)80-74(77)68-65-62-59-56-53-50-47-44-41-38-36-34-32-29-26-23-20-17-14-11-8-5-2/h9,12,18,21,27,30,71H,4-8,10-11,13-17,19-20,22-26,28-29,31-70H2,1-3H3/b12-9-,21-18-,30-27-. The van der Waals surface area contributed by atoms with Crippen LogP contribution >= 0.6 is 0 Å². The average Bonchev–Trinajstić information content (AvgIpc) is 3.46. The zero-order valence-electron chi connectivity index (χ0n) is 54.1. The molecule has 0 aliphatic rings. The third kappa shape index (κ3) is 66.4. The predicted molar refractivity (Wildman–Crippen MR) is 349 cm³/mol. The van der Waals surface area contributed by atoms with Gasteiger partial charge in [0.15, 0.2) is 6.10 Å². The lowest BCUT2D eigenvalue weighted by Crippen LogP contribution is -2.30. The minimum Gasteiger partial charge on any atom is -0.462 e. The Labute approximate surface area is 499 Å². The summed E-state index contributed by atoms with van der Waals surface area (Å²) >= 11 is 0. The van der Waals surface area contributed by atoms with E-state index in [1.54, 1.807) is 0 Å². The van der Waals surface area contributed by atoms with Crippen molar-refractivity contribution in [1.29, 1.82) is 0 Å². The van der Waals surface area contributed by atoms with Gasteiger partial charge in [-0.25, -0.2) is 0 Å². The summed E-state index contributed by atoms with van der Waals surface area (Å²) in [5, 5.41) is 0. The van der Waals surface area contributed by atoms with Gasteiger partial charge in [-0.2, -0.15) is 0 Å². The molecular weight excluding hydrogens is 985 g/mol. The third-order valence-corrected chi connectivity index (χ3v) is 16.4. The summed E-state index contributed by atoms with van der Waals surface area (Å²) in [6, 6.07) is 0. The fraction of sp³-hybridized carbons (Fsp3) is 0.878. The number of allylic oxidation sites excluding steroid dienone is 6. The van der Waals surface area contributed by atoms with Crippen LogP contribution in [0, 0.1) is 0 Å². The Morgan fingerprint density at radius 1 is 0.263 bits per heavy atom. The first-order valence-corrected chi connectivity index (χ1v) is 36.0. The molecular formula is C74H138O6. The molecule has 0 aliphatic carbocycles. The minimum absolute atomic E-state index is 0.0691. The van der Waals surface area contributed by atoms with E-state index in [0.717, 1.165) is 83.5 Å². The van der Waals surface area contributed by atoms with Crippen LogP contribution < -0.4 is 0 Å². The van der Waals surface area contributed by atoms with Crippen LogP contribution in [0.2, 0.25) is 0 Å². The summed E-state index contributed by atoms with van der Waals surface area (Å²) in [5.74, 6) is -0.846. The smallest absolute Gasteiger partial charge is 0.306 e. The number of esters is 3. The highest BCUT2D eigenvalue weighted by molar-refractivity contribution is 5.71. The molecule has 0 aromatic heterocycles. The molecule has 1 atom stereocenters. The third-order valence-electron chi connectivity index (χ3n) is 16.4. The number of carbonyl (C=O) groups excluding carboxylic acids is 3. The van der Waals surface area contributed by atoms with Crippen molar-refractivity contribution in [2.24, 2.45) is 0 Å². The second-order valence-electron chi connectivity index (χ2n) is 24.5. The van der Waals surface area contributed by atoms with E-state index in [1.807, 2.05) is 0 Å². The van der Waals surface area contributed by atoms with E-state index in [-0.39, 0.29) is 31.1 Å². The second-order valence-corrected chi connectivity index (χ2v) is 24.5. The number of unbranched alkanes of at least 4 members (excludes halogenated alkanes) is 50. The van der Waals surface area contributed by atoms with Crippen LogP contribution in [-0.2, 0) is 28.6 Å². The van der Waals surface area contributed by atoms with Crippen LogP contribution in [0.1, 0.15) is 400 Å². The molecule has 0 aliphatic heterocycles. The molecule has 1 unspecified atom stereocenters. The fourth-order valence-electron chi connectivity index (χ4n) is 11.1. The lowest BCUT2D eigenvalue weighted by Gasteiger charge is -2.18. The molecule has 0 amide bonds. The first-order chi connectivity index (χ1) is 39.5. The number of hydrogen-bond acceptors (Lipinski definition) is 6. The molecule has 470 valence electrons. The van der Waals surface area contributed by atoms with Crippen LogP contribution in [0.3, 0.4) is 0 Å². The summed E-state index contributed by atoms with van der Waals surface area (Å²) in [6.45, 7) is 6.61. The molecule has 6 nitrogen and oxygen atoms in total. The molecule has 6 heteroatoms. The Bertz CT molecular complexity index is 1340. The lowest BCUT2D eigenvalue weighted by molar-refractivity contribution is -0.167. The quantitative estimate of drug-likeness (QED) is 0.0261. The van der Waals surface area contributed by atoms with Gasteiger partial charge in [0, 0.05) is 19.3 Å². The number of carbonyl (C=O) groups is 3. The Morgan fingerprint density at radius 3 is 0.762 bits per heavy atom. The van der Waals surface area contributed by atoms with E-state index >= 15 is 0 Å². The van der Waals surface area contributed by atoms with Gasteiger partial charge in [0.1, 0.15) is 13.2 Å². The molecule has 0 N–H and O–H groups in total. The number of hydrogen-bond donors (Lipinski definition) is 0. The highest BCUT2D eigenvalue weighted by Gasteiger charge is 2.19. The first-order valence-electron chi connectivity index (χ1n) is 36.0. The Morgan fingerprint density at radius 2 is 0.487 bits per heavy atom. The van der Waals surface area contributed by atoms with Crippen LogP contribution in [0.15, 0.2) is 36.5 Å². The summed E-state index contributed by atoms with van der Waals surface area (Å²) in [7, 11) is 0. The van der Waals surface area contributed by atoms with Crippen molar-refractivity contribution in [2.75, 3.05) is 13.2 Å². The molecule has 0 rings (SSSR count). The maximum Gasteiger partial charge on any atom is 0.306 e. The molecule has 0 spiro atoms. The zero-order valence-corrected chi connectivity index (χ0v) is 54.1. The first kappa shape index (κ1) is 77.6. The maximum absolute atomic E-state index is 13.0. The van der Waals surface area contributed by atoms with E-state index in [0.29, 0.717) is 19.3 Å². The van der Waals surface area contributed by atoms with Crippen molar-refractivity contribution in [1.82, 2.24) is 0 Å². The van der Waals surface area contributed by atoms with Crippen molar-refractivity contribution in [3.05, 3.63) is 36.5 Å². The van der Waals surface area contributed by atoms with Gasteiger partial charge in [0.25, 0.3) is 0 Å². The summed E-state index contributed by atoms with van der Waals surface area (Å²) in [5.41, 5.74) is 0. The topological polar surface area (TPSA) is 78.9 Å². The van der Waals surface area contributed by atoms with Crippen LogP contribution in [0.4, 0.5) is 0 Å². The van der Waals surface area contributed by atoms with E-state index in [2.05, 4.69) is 57.2 Å². The van der Waals surface area contributed by atoms with Crippen LogP contribution in [-0.4, -0.2) is 37.2 Å². The molecule has 0 fully saturated rings. The molecule has 80 heavy (non-hydrogen) atoms. The van der Waals surface area contributed by atoms with Crippen molar-refractivity contribution < 1.29 is 28.6 Å². The highest BCUT2D eigenvalue weighted by Crippen LogP contribution is 2.19. The Kier molecular flexibility index (Phi) is 67.1. The van der Waals surface area contributed by atoms with Gasteiger partial charge in [-0.3, -0.25) is 14.4 Å². The molecule has 0 radical (unpaired) electrons. The van der Waals surface area contributed by atoms with E-state index in [4.69, 9.17) is 14.2 Å². The van der Waals surface area contributed by atoms with Crippen molar-refractivity contribution >= 4 is 17.9 Å². The number of ether oxygens (including phenoxy) is 3. The predicted octanol–water partition coefficient (Wildman–Crippen LogP) is 24.7. The van der Waals surface area contributed by atoms with Gasteiger partial charge in [0.2, 0.25) is 0 Å². The van der Waals surface area contributed by atoms with Crippen molar-refractivity contribution in [2.45, 2.75) is 406 Å². The van der Waals surface area contributed by atoms with E-state index < -0.39 is 6.10 Å². The van der Waals surface area contributed by atoms with Crippen LogP contribution in [0.25, 0.3) is 0 Å². The lowest BCUT2D eigenvalue weighted by atomic mass is 10.0. The average molecular weight is 1120 g/mol. The van der Waals surface area contributed by atoms with Gasteiger partial charge in [-0.05, 0) is 51.4 Å². The van der Waals surface area contributed by atoms with Crippen molar-refractivity contribution in [3.8, 4) is 0 Å². The molecule has 0 bridgehead atoms. The minimum atomic E-state index is -0.774. The fourth-order valence-corrected chi connectivity index (χ4v) is 11.1. The van der Waals surface area contributed by atoms with E-state index in [1.165, 1.54) is 276 Å². The summed E-state index contributed by atoms with van der Waals surface area (Å²) in [6.07, 6.45) is 86.1. The second kappa shape index (κ2) is 69.1. The van der Waals surface area contributed by atoms with Gasteiger partial charge < -0.3 is 14.2 Å². The van der Waals surface area contributed by atoms with Crippen molar-refractivity contribution in [3.63, 3.8) is 0 Å². The maximum atomic E-state index is 13.0. The summed E-state index contributed by atoms with van der Waals surface area (Å²) in [4.78, 5) is 38.5. The Hall–Kier alpha value is -2.37. The van der Waals surface area contributed by atoms with E-state index in [9.17, 15) is 14.4 Å². The molecule has 0 saturated carbocycles. The zero-order chi connectivity index (χ0) is 57.8. The van der Waals surface area contributed by atoms with Crippen LogP contribution in [0.5, 0.6) is 0 Å². The summed E-state index contributed by atoms with van der Waals surface area (Å²) < 4.78 is 17.0. The SMILES string of the molecule is CC/C=C\C/C=C\C/C=C\CCCCCCCCCC(=O)OCC(COC(=O)CCCCCCCCCCCCCCCCCCCCCCCCC)OC(=O)CCCCCCCCCCCCCCCCCCCCCCCC. The molecule has 0 aromatic rings. The van der Waals surface area contributed by atoms with Gasteiger partial charge in [0.05, 0.1) is 0 Å².